The zero-order valence-electron chi connectivity index (χ0n) is 21.6. The lowest BCUT2D eigenvalue weighted by molar-refractivity contribution is -0.137. The highest BCUT2D eigenvalue weighted by Gasteiger charge is 2.35. The summed E-state index contributed by atoms with van der Waals surface area (Å²) in [6, 6.07) is 3.86. The predicted octanol–water partition coefficient (Wildman–Crippen LogP) is 3.71. The summed E-state index contributed by atoms with van der Waals surface area (Å²) < 4.78 is 44.2. The van der Waals surface area contributed by atoms with Crippen LogP contribution >= 0.6 is 0 Å². The van der Waals surface area contributed by atoms with Gasteiger partial charge in [0.15, 0.2) is 0 Å². The number of likely N-dealkylation sites (tertiary alicyclic amines) is 1. The Morgan fingerprint density at radius 3 is 2.41 bits per heavy atom. The fourth-order valence-corrected chi connectivity index (χ4v) is 4.92. The normalized spacial score (nSPS) is 22.8. The third kappa shape index (κ3) is 9.21. The van der Waals surface area contributed by atoms with Crippen LogP contribution in [0.1, 0.15) is 68.8 Å². The highest BCUT2D eigenvalue weighted by Crippen LogP contribution is 2.30. The van der Waals surface area contributed by atoms with Gasteiger partial charge in [-0.15, -0.1) is 0 Å². The second-order valence-electron chi connectivity index (χ2n) is 10.9. The van der Waals surface area contributed by atoms with Gasteiger partial charge in [-0.2, -0.15) is 13.2 Å². The largest absolute Gasteiger partial charge is 0.444 e. The molecule has 2 fully saturated rings. The molecule has 1 aromatic rings. The minimum atomic E-state index is -4.56. The van der Waals surface area contributed by atoms with Crippen LogP contribution in [-0.4, -0.2) is 66.7 Å². The molecule has 1 heterocycles. The molecule has 0 radical (unpaired) electrons. The molecule has 3 rings (SSSR count). The van der Waals surface area contributed by atoms with E-state index in [9.17, 15) is 27.6 Å². The molecule has 0 spiro atoms. The van der Waals surface area contributed by atoms with E-state index in [4.69, 9.17) is 4.74 Å². The first-order chi connectivity index (χ1) is 17.3. The quantitative estimate of drug-likeness (QED) is 0.503. The monoisotopic (exact) mass is 526 g/mol. The summed E-state index contributed by atoms with van der Waals surface area (Å²) in [5.74, 6) is -1.06. The predicted molar refractivity (Wildman–Crippen MR) is 132 cm³/mol. The van der Waals surface area contributed by atoms with Gasteiger partial charge in [0.1, 0.15) is 5.60 Å². The molecular formula is C26H37F3N4O4. The van der Waals surface area contributed by atoms with Crippen LogP contribution in [0.5, 0.6) is 0 Å². The standard InChI is InChI=1S/C26H37F3N4O4/c1-25(2,3)37-24(36)31-20-9-10-21(18(14-20)16-33-11-4-5-12-33)32-22(34)15-30-23(35)17-7-6-8-19(13-17)26(27,28)29/h6-8,13,18,20-21H,4-5,9-12,14-16H2,1-3H3,(H,30,35)(H,31,36)(H,32,34). The molecule has 1 aromatic carbocycles. The fraction of sp³-hybridized carbons (Fsp3) is 0.654. The molecule has 2 aliphatic rings. The van der Waals surface area contributed by atoms with E-state index in [0.717, 1.165) is 50.7 Å². The lowest BCUT2D eigenvalue weighted by Gasteiger charge is -2.39. The van der Waals surface area contributed by atoms with Gasteiger partial charge in [0.2, 0.25) is 5.91 Å². The summed E-state index contributed by atoms with van der Waals surface area (Å²) in [6.07, 6.45) is -0.775. The van der Waals surface area contributed by atoms with E-state index in [1.807, 2.05) is 0 Å². The first-order valence-electron chi connectivity index (χ1n) is 12.8. The highest BCUT2D eigenvalue weighted by molar-refractivity contribution is 5.96. The zero-order chi connectivity index (χ0) is 27.2. The van der Waals surface area contributed by atoms with Crippen LogP contribution < -0.4 is 16.0 Å². The average Bonchev–Trinajstić information content (AvgIpc) is 3.30. The number of carbonyl (C=O) groups is 3. The topological polar surface area (TPSA) is 99.8 Å². The maximum atomic E-state index is 12.9. The van der Waals surface area contributed by atoms with Crippen LogP contribution in [0.25, 0.3) is 0 Å². The molecule has 3 N–H and O–H groups in total. The number of benzene rings is 1. The van der Waals surface area contributed by atoms with Crippen molar-refractivity contribution in [3.63, 3.8) is 0 Å². The first kappa shape index (κ1) is 28.7. The molecule has 1 aliphatic heterocycles. The molecule has 3 atom stereocenters. The molecule has 1 saturated carbocycles. The van der Waals surface area contributed by atoms with Gasteiger partial charge in [0.25, 0.3) is 5.91 Å². The average molecular weight is 527 g/mol. The molecule has 0 aromatic heterocycles. The van der Waals surface area contributed by atoms with Crippen molar-refractivity contribution in [2.75, 3.05) is 26.2 Å². The van der Waals surface area contributed by atoms with Crippen molar-refractivity contribution in [1.29, 1.82) is 0 Å². The van der Waals surface area contributed by atoms with E-state index in [1.165, 1.54) is 6.07 Å². The second kappa shape index (κ2) is 12.1. The smallest absolute Gasteiger partial charge is 0.416 e. The lowest BCUT2D eigenvalue weighted by atomic mass is 9.81. The minimum absolute atomic E-state index is 0.0729. The Balaban J connectivity index is 1.55. The van der Waals surface area contributed by atoms with E-state index in [1.54, 1.807) is 20.8 Å². The van der Waals surface area contributed by atoms with Gasteiger partial charge in [-0.1, -0.05) is 6.07 Å². The van der Waals surface area contributed by atoms with Crippen molar-refractivity contribution >= 4 is 17.9 Å². The number of nitrogens with zero attached hydrogens (tertiary/aromatic N) is 1. The van der Waals surface area contributed by atoms with Crippen molar-refractivity contribution in [3.8, 4) is 0 Å². The Hall–Kier alpha value is -2.82. The van der Waals surface area contributed by atoms with E-state index < -0.39 is 35.2 Å². The van der Waals surface area contributed by atoms with Crippen LogP contribution in [0, 0.1) is 5.92 Å². The van der Waals surface area contributed by atoms with Crippen LogP contribution in [0.2, 0.25) is 0 Å². The summed E-state index contributed by atoms with van der Waals surface area (Å²) in [4.78, 5) is 39.6. The summed E-state index contributed by atoms with van der Waals surface area (Å²) >= 11 is 0. The zero-order valence-corrected chi connectivity index (χ0v) is 21.6. The number of carbonyl (C=O) groups excluding carboxylic acids is 3. The van der Waals surface area contributed by atoms with Crippen LogP contribution in [-0.2, 0) is 15.7 Å². The minimum Gasteiger partial charge on any atom is -0.444 e. The van der Waals surface area contributed by atoms with E-state index in [-0.39, 0.29) is 30.1 Å². The lowest BCUT2D eigenvalue weighted by Crippen LogP contribution is -2.53. The highest BCUT2D eigenvalue weighted by atomic mass is 19.4. The maximum Gasteiger partial charge on any atom is 0.416 e. The molecule has 1 saturated heterocycles. The fourth-order valence-electron chi connectivity index (χ4n) is 4.92. The number of halogens is 3. The summed E-state index contributed by atoms with van der Waals surface area (Å²) in [5.41, 5.74) is -1.68. The van der Waals surface area contributed by atoms with Crippen molar-refractivity contribution < 1.29 is 32.3 Å². The van der Waals surface area contributed by atoms with Gasteiger partial charge in [-0.3, -0.25) is 9.59 Å². The Morgan fingerprint density at radius 2 is 1.76 bits per heavy atom. The molecule has 206 valence electrons. The number of alkyl carbamates (subject to hydrolysis) is 1. The Morgan fingerprint density at radius 1 is 1.05 bits per heavy atom. The SMILES string of the molecule is CC(C)(C)OC(=O)NC1CCC(NC(=O)CNC(=O)c2cccc(C(F)(F)F)c2)C(CN2CCCC2)C1. The summed E-state index contributed by atoms with van der Waals surface area (Å²) in [5, 5.41) is 8.35. The first-order valence-corrected chi connectivity index (χ1v) is 12.8. The molecule has 37 heavy (non-hydrogen) atoms. The van der Waals surface area contributed by atoms with Crippen molar-refractivity contribution in [2.45, 2.75) is 76.7 Å². The molecule has 0 bridgehead atoms. The van der Waals surface area contributed by atoms with Crippen LogP contribution in [0.15, 0.2) is 24.3 Å². The van der Waals surface area contributed by atoms with Crippen molar-refractivity contribution in [3.05, 3.63) is 35.4 Å². The molecule has 3 amide bonds. The Kier molecular flexibility index (Phi) is 9.44. The number of amides is 3. The number of rotatable bonds is 7. The van der Waals surface area contributed by atoms with Gasteiger partial charge in [0.05, 0.1) is 12.1 Å². The molecule has 11 heteroatoms. The summed E-state index contributed by atoms with van der Waals surface area (Å²) in [7, 11) is 0. The molecule has 1 aliphatic carbocycles. The van der Waals surface area contributed by atoms with E-state index >= 15 is 0 Å². The summed E-state index contributed by atoms with van der Waals surface area (Å²) in [6.45, 7) is 7.85. The Labute approximate surface area is 215 Å². The van der Waals surface area contributed by atoms with E-state index in [2.05, 4.69) is 20.9 Å². The van der Waals surface area contributed by atoms with Crippen molar-refractivity contribution in [1.82, 2.24) is 20.9 Å². The van der Waals surface area contributed by atoms with Gasteiger partial charge < -0.3 is 25.6 Å². The number of alkyl halides is 3. The number of nitrogens with one attached hydrogen (secondary N) is 3. The molecule has 3 unspecified atom stereocenters. The second-order valence-corrected chi connectivity index (χ2v) is 10.9. The van der Waals surface area contributed by atoms with Gasteiger partial charge >= 0.3 is 12.3 Å². The van der Waals surface area contributed by atoms with Gasteiger partial charge in [0, 0.05) is 24.2 Å². The van der Waals surface area contributed by atoms with Crippen LogP contribution in [0.3, 0.4) is 0 Å². The van der Waals surface area contributed by atoms with Gasteiger partial charge in [-0.05, 0) is 90.1 Å². The molecule has 8 nitrogen and oxygen atoms in total. The van der Waals surface area contributed by atoms with Crippen LogP contribution in [0.4, 0.5) is 18.0 Å². The van der Waals surface area contributed by atoms with Gasteiger partial charge in [-0.25, -0.2) is 4.79 Å². The molecular weight excluding hydrogens is 489 g/mol. The maximum absolute atomic E-state index is 12.9. The van der Waals surface area contributed by atoms with E-state index in [0.29, 0.717) is 19.3 Å². The third-order valence-electron chi connectivity index (χ3n) is 6.60. The Bertz CT molecular complexity index is 958. The number of ether oxygens (including phenoxy) is 1. The third-order valence-corrected chi connectivity index (χ3v) is 6.60. The number of hydrogen-bond donors (Lipinski definition) is 3. The van der Waals surface area contributed by atoms with Crippen molar-refractivity contribution in [2.24, 2.45) is 5.92 Å². The number of hydrogen-bond acceptors (Lipinski definition) is 5.